The van der Waals surface area contributed by atoms with Gasteiger partial charge in [0.05, 0.1) is 15.6 Å². The number of nitrogens with one attached hydrogen (secondary N) is 1. The van der Waals surface area contributed by atoms with Crippen molar-refractivity contribution in [2.45, 2.75) is 10.6 Å². The molecule has 0 unspecified atom stereocenters. The maximum Gasteiger partial charge on any atom is 0.225 e. The number of thioether (sulfide) groups is 1. The van der Waals surface area contributed by atoms with E-state index in [1.165, 1.54) is 4.21 Å². The van der Waals surface area contributed by atoms with Gasteiger partial charge in [-0.25, -0.2) is 0 Å². The first-order valence-corrected chi connectivity index (χ1v) is 7.90. The normalized spacial score (nSPS) is 10.4. The summed E-state index contributed by atoms with van der Waals surface area (Å²) in [5.41, 5.74) is 6.85. The summed E-state index contributed by atoms with van der Waals surface area (Å²) in [6, 6.07) is 9.07. The van der Waals surface area contributed by atoms with Crippen LogP contribution in [0.5, 0.6) is 0 Å². The Bertz CT molecular complexity index is 558. The number of hydrogen-bond donors (Lipinski definition) is 2. The highest BCUT2D eigenvalue weighted by molar-refractivity contribution is 8.01. The van der Waals surface area contributed by atoms with Crippen molar-refractivity contribution in [2.75, 3.05) is 16.8 Å². The van der Waals surface area contributed by atoms with Crippen LogP contribution < -0.4 is 11.1 Å². The van der Waals surface area contributed by atoms with Gasteiger partial charge >= 0.3 is 0 Å². The fraction of sp³-hybridized carbons (Fsp3) is 0.154. The van der Waals surface area contributed by atoms with Gasteiger partial charge in [0.25, 0.3) is 0 Å². The van der Waals surface area contributed by atoms with Gasteiger partial charge in [-0.1, -0.05) is 17.7 Å². The van der Waals surface area contributed by atoms with Gasteiger partial charge in [0.2, 0.25) is 5.91 Å². The Morgan fingerprint density at radius 2 is 2.26 bits per heavy atom. The molecule has 100 valence electrons. The minimum atomic E-state index is -0.0574. The second kappa shape index (κ2) is 6.84. The van der Waals surface area contributed by atoms with Gasteiger partial charge in [-0.3, -0.25) is 4.79 Å². The molecule has 0 atom stereocenters. The highest BCUT2D eigenvalue weighted by Gasteiger charge is 2.06. The van der Waals surface area contributed by atoms with Crippen molar-refractivity contribution in [2.24, 2.45) is 0 Å². The van der Waals surface area contributed by atoms with Crippen LogP contribution in [-0.4, -0.2) is 11.7 Å². The van der Waals surface area contributed by atoms with E-state index in [0.29, 0.717) is 22.8 Å². The molecule has 3 nitrogen and oxygen atoms in total. The van der Waals surface area contributed by atoms with Gasteiger partial charge in [-0.2, -0.15) is 0 Å². The van der Waals surface area contributed by atoms with Gasteiger partial charge in [-0.05, 0) is 29.6 Å². The molecule has 2 rings (SSSR count). The van der Waals surface area contributed by atoms with E-state index < -0.39 is 0 Å². The smallest absolute Gasteiger partial charge is 0.225 e. The zero-order valence-corrected chi connectivity index (χ0v) is 12.4. The third-order valence-corrected chi connectivity index (χ3v) is 4.73. The standard InChI is InChI=1S/C13H13ClN2OS2/c14-9-3-4-10(15)11(8-9)16-12(17)5-7-19-13-2-1-6-18-13/h1-4,6,8H,5,7,15H2,(H,16,17). The molecule has 0 radical (unpaired) electrons. The second-order valence-corrected chi connectivity index (χ2v) is 6.59. The zero-order chi connectivity index (χ0) is 13.7. The van der Waals surface area contributed by atoms with Crippen LogP contribution in [0.4, 0.5) is 11.4 Å². The molecule has 0 fully saturated rings. The summed E-state index contributed by atoms with van der Waals surface area (Å²) in [5, 5.41) is 5.35. The maximum atomic E-state index is 11.8. The summed E-state index contributed by atoms with van der Waals surface area (Å²) in [4.78, 5) is 11.8. The average Bonchev–Trinajstić information content (AvgIpc) is 2.87. The van der Waals surface area contributed by atoms with Crippen LogP contribution >= 0.6 is 34.7 Å². The van der Waals surface area contributed by atoms with Crippen molar-refractivity contribution < 1.29 is 4.79 Å². The van der Waals surface area contributed by atoms with Crippen molar-refractivity contribution in [3.05, 3.63) is 40.7 Å². The summed E-state index contributed by atoms with van der Waals surface area (Å²) in [5.74, 6) is 0.685. The van der Waals surface area contributed by atoms with E-state index in [4.69, 9.17) is 17.3 Å². The van der Waals surface area contributed by atoms with E-state index in [1.54, 1.807) is 41.3 Å². The molecule has 1 aromatic heterocycles. The van der Waals surface area contributed by atoms with Crippen LogP contribution in [0.2, 0.25) is 5.02 Å². The Hall–Kier alpha value is -1.17. The number of thiophene rings is 1. The fourth-order valence-electron chi connectivity index (χ4n) is 1.44. The lowest BCUT2D eigenvalue weighted by molar-refractivity contribution is -0.115. The lowest BCUT2D eigenvalue weighted by Gasteiger charge is -2.08. The fourth-order valence-corrected chi connectivity index (χ4v) is 3.41. The number of carbonyl (C=O) groups is 1. The number of nitrogen functional groups attached to an aromatic ring is 1. The quantitative estimate of drug-likeness (QED) is 0.645. The Balaban J connectivity index is 1.82. The molecular formula is C13H13ClN2OS2. The van der Waals surface area contributed by atoms with E-state index in [0.717, 1.165) is 5.75 Å². The van der Waals surface area contributed by atoms with Gasteiger partial charge in [0, 0.05) is 17.2 Å². The summed E-state index contributed by atoms with van der Waals surface area (Å²) < 4.78 is 1.22. The first-order valence-electron chi connectivity index (χ1n) is 5.66. The van der Waals surface area contributed by atoms with Crippen molar-refractivity contribution in [1.29, 1.82) is 0 Å². The van der Waals surface area contributed by atoms with Gasteiger partial charge in [0.1, 0.15) is 0 Å². The summed E-state index contributed by atoms with van der Waals surface area (Å²) in [6.07, 6.45) is 0.439. The van der Waals surface area contributed by atoms with Gasteiger partial charge in [-0.15, -0.1) is 23.1 Å². The molecule has 2 aromatic rings. The van der Waals surface area contributed by atoms with Gasteiger partial charge < -0.3 is 11.1 Å². The first-order chi connectivity index (χ1) is 9.15. The largest absolute Gasteiger partial charge is 0.397 e. The molecule has 0 spiro atoms. The molecule has 0 saturated heterocycles. The molecule has 19 heavy (non-hydrogen) atoms. The molecule has 0 aliphatic heterocycles. The van der Waals surface area contributed by atoms with Gasteiger partial charge in [0.15, 0.2) is 0 Å². The highest BCUT2D eigenvalue weighted by atomic mass is 35.5. The molecule has 1 amide bonds. The number of anilines is 2. The van der Waals surface area contributed by atoms with E-state index >= 15 is 0 Å². The molecule has 0 aliphatic rings. The Kier molecular flexibility index (Phi) is 5.13. The van der Waals surface area contributed by atoms with Crippen LogP contribution in [0.25, 0.3) is 0 Å². The third kappa shape index (κ3) is 4.45. The van der Waals surface area contributed by atoms with Crippen LogP contribution in [0.1, 0.15) is 6.42 Å². The lowest BCUT2D eigenvalue weighted by Crippen LogP contribution is -2.13. The molecule has 3 N–H and O–H groups in total. The van der Waals surface area contributed by atoms with Crippen LogP contribution in [0.3, 0.4) is 0 Å². The molecule has 0 bridgehead atoms. The second-order valence-electron chi connectivity index (χ2n) is 3.81. The number of carbonyl (C=O) groups excluding carboxylic acids is 1. The average molecular weight is 313 g/mol. The lowest BCUT2D eigenvalue weighted by atomic mass is 10.2. The Morgan fingerprint density at radius 3 is 3.00 bits per heavy atom. The highest BCUT2D eigenvalue weighted by Crippen LogP contribution is 2.25. The number of nitrogens with two attached hydrogens (primary N) is 1. The van der Waals surface area contributed by atoms with Crippen LogP contribution in [0.15, 0.2) is 39.9 Å². The van der Waals surface area contributed by atoms with Crippen molar-refractivity contribution >= 4 is 52.0 Å². The SMILES string of the molecule is Nc1ccc(Cl)cc1NC(=O)CCSc1cccs1. The predicted octanol–water partition coefficient (Wildman–Crippen LogP) is 4.10. The number of halogens is 1. The van der Waals surface area contributed by atoms with Crippen molar-refractivity contribution in [3.8, 4) is 0 Å². The van der Waals surface area contributed by atoms with Crippen LogP contribution in [-0.2, 0) is 4.79 Å². The molecule has 0 saturated carbocycles. The molecule has 0 aliphatic carbocycles. The Labute approximate surface area is 125 Å². The van der Waals surface area contributed by atoms with Crippen LogP contribution in [0, 0.1) is 0 Å². The number of rotatable bonds is 5. The van der Waals surface area contributed by atoms with Crippen molar-refractivity contribution in [3.63, 3.8) is 0 Å². The third-order valence-electron chi connectivity index (χ3n) is 2.36. The predicted molar refractivity (Wildman–Crippen MR) is 84.2 cm³/mol. The van der Waals surface area contributed by atoms with E-state index in [9.17, 15) is 4.79 Å². The molecule has 1 heterocycles. The van der Waals surface area contributed by atoms with E-state index in [-0.39, 0.29) is 5.91 Å². The molecule has 6 heteroatoms. The molecule has 1 aromatic carbocycles. The minimum Gasteiger partial charge on any atom is -0.397 e. The van der Waals surface area contributed by atoms with Crippen molar-refractivity contribution in [1.82, 2.24) is 0 Å². The van der Waals surface area contributed by atoms with E-state index in [1.807, 2.05) is 17.5 Å². The maximum absolute atomic E-state index is 11.8. The van der Waals surface area contributed by atoms with E-state index in [2.05, 4.69) is 5.32 Å². The monoisotopic (exact) mass is 312 g/mol. The summed E-state index contributed by atoms with van der Waals surface area (Å²) in [6.45, 7) is 0. The number of benzene rings is 1. The number of amides is 1. The first kappa shape index (κ1) is 14.2. The Morgan fingerprint density at radius 1 is 1.42 bits per heavy atom. The zero-order valence-electron chi connectivity index (χ0n) is 10.1. The summed E-state index contributed by atoms with van der Waals surface area (Å²) in [7, 11) is 0. The topological polar surface area (TPSA) is 55.1 Å². The number of hydrogen-bond acceptors (Lipinski definition) is 4. The minimum absolute atomic E-state index is 0.0574. The molecular weight excluding hydrogens is 300 g/mol. The summed E-state index contributed by atoms with van der Waals surface area (Å²) >= 11 is 9.21.